The molecule has 0 amide bonds. The molecule has 0 aromatic carbocycles. The second-order valence-corrected chi connectivity index (χ2v) is 5.78. The van der Waals surface area contributed by atoms with Crippen LogP contribution in [0.5, 0.6) is 0 Å². The van der Waals surface area contributed by atoms with Crippen molar-refractivity contribution in [2.75, 3.05) is 12.4 Å². The van der Waals surface area contributed by atoms with Gasteiger partial charge in [-0.1, -0.05) is 6.92 Å². The second kappa shape index (κ2) is 5.05. The maximum absolute atomic E-state index is 12.7. The van der Waals surface area contributed by atoms with Crippen molar-refractivity contribution < 1.29 is 14.3 Å². The Morgan fingerprint density at radius 3 is 3.00 bits per heavy atom. The first kappa shape index (κ1) is 13.4. The molecule has 0 radical (unpaired) electrons. The molecule has 5 heteroatoms. The smallest absolute Gasteiger partial charge is 0.319 e. The minimum Gasteiger partial charge on any atom is -0.465 e. The van der Waals surface area contributed by atoms with Gasteiger partial charge in [-0.05, 0) is 25.0 Å². The number of carbonyl (C=O) groups excluding carboxylic acids is 2. The van der Waals surface area contributed by atoms with Crippen LogP contribution in [0.25, 0.3) is 0 Å². The molecule has 3 aliphatic rings. The van der Waals surface area contributed by atoms with Gasteiger partial charge in [0.15, 0.2) is 5.78 Å². The molecule has 3 rings (SSSR count). The molecule has 0 N–H and O–H groups in total. The van der Waals surface area contributed by atoms with Crippen LogP contribution in [0, 0.1) is 5.92 Å². The van der Waals surface area contributed by atoms with E-state index in [9.17, 15) is 9.59 Å². The summed E-state index contributed by atoms with van der Waals surface area (Å²) in [5, 5.41) is 0. The SMILES string of the molecule is CCOC(=O)C1C=NC2=C1C(=O)C1=C(CC)CSC1=C2. The molecule has 0 saturated carbocycles. The number of fused-ring (bicyclic) bond motifs is 1. The fourth-order valence-electron chi connectivity index (χ4n) is 2.65. The zero-order chi connectivity index (χ0) is 14.3. The number of hydrogen-bond acceptors (Lipinski definition) is 5. The number of ketones is 1. The Morgan fingerprint density at radius 2 is 2.30 bits per heavy atom. The van der Waals surface area contributed by atoms with Gasteiger partial charge < -0.3 is 4.74 Å². The highest BCUT2D eigenvalue weighted by Crippen LogP contribution is 2.45. The van der Waals surface area contributed by atoms with Gasteiger partial charge in [-0.3, -0.25) is 14.6 Å². The van der Waals surface area contributed by atoms with Crippen LogP contribution in [0.15, 0.2) is 38.4 Å². The van der Waals surface area contributed by atoms with E-state index in [-0.39, 0.29) is 5.78 Å². The normalized spacial score (nSPS) is 24.0. The van der Waals surface area contributed by atoms with E-state index in [1.165, 1.54) is 6.21 Å². The van der Waals surface area contributed by atoms with E-state index in [0.717, 1.165) is 28.2 Å². The number of nitrogens with zero attached hydrogens (tertiary/aromatic N) is 1. The third-order valence-corrected chi connectivity index (χ3v) is 4.78. The number of esters is 1. The zero-order valence-corrected chi connectivity index (χ0v) is 12.3. The van der Waals surface area contributed by atoms with Gasteiger partial charge in [0.2, 0.25) is 0 Å². The van der Waals surface area contributed by atoms with Crippen LogP contribution in [0.1, 0.15) is 20.3 Å². The molecule has 2 aliphatic heterocycles. The quantitative estimate of drug-likeness (QED) is 0.749. The number of carbonyl (C=O) groups is 2. The van der Waals surface area contributed by atoms with Crippen LogP contribution >= 0.6 is 11.8 Å². The van der Waals surface area contributed by atoms with Crippen molar-refractivity contribution in [1.29, 1.82) is 0 Å². The Labute approximate surface area is 121 Å². The molecule has 1 atom stereocenters. The summed E-state index contributed by atoms with van der Waals surface area (Å²) in [6.07, 6.45) is 4.31. The predicted molar refractivity (Wildman–Crippen MR) is 78.5 cm³/mol. The van der Waals surface area contributed by atoms with E-state index in [4.69, 9.17) is 4.74 Å². The molecule has 104 valence electrons. The van der Waals surface area contributed by atoms with Crippen molar-refractivity contribution in [2.45, 2.75) is 20.3 Å². The Bertz CT molecular complexity index is 625. The van der Waals surface area contributed by atoms with Gasteiger partial charge in [0, 0.05) is 28.0 Å². The van der Waals surface area contributed by atoms with Crippen LogP contribution in [0.4, 0.5) is 0 Å². The Hall–Kier alpha value is -1.62. The predicted octanol–water partition coefficient (Wildman–Crippen LogP) is 2.42. The van der Waals surface area contributed by atoms with Crippen molar-refractivity contribution >= 4 is 29.7 Å². The zero-order valence-electron chi connectivity index (χ0n) is 11.4. The number of aliphatic imine (C=N–C) groups is 1. The van der Waals surface area contributed by atoms with Crippen LogP contribution in [-0.4, -0.2) is 30.3 Å². The van der Waals surface area contributed by atoms with Gasteiger partial charge in [0.1, 0.15) is 5.92 Å². The molecular formula is C15H15NO3S. The monoisotopic (exact) mass is 289 g/mol. The van der Waals surface area contributed by atoms with Crippen molar-refractivity contribution in [3.63, 3.8) is 0 Å². The van der Waals surface area contributed by atoms with Crippen molar-refractivity contribution in [2.24, 2.45) is 10.9 Å². The molecule has 1 aliphatic carbocycles. The third-order valence-electron chi connectivity index (χ3n) is 3.66. The molecule has 0 bridgehead atoms. The standard InChI is InChI=1S/C15H15NO3S/c1-3-8-7-20-11-5-10-13(14(17)12(8)11)9(6-16-10)15(18)19-4-2/h5-6,9H,3-4,7H2,1-2H3. The molecule has 0 spiro atoms. The molecular weight excluding hydrogens is 274 g/mol. The van der Waals surface area contributed by atoms with Crippen LogP contribution in [0.3, 0.4) is 0 Å². The maximum Gasteiger partial charge on any atom is 0.319 e. The van der Waals surface area contributed by atoms with Crippen molar-refractivity contribution in [3.8, 4) is 0 Å². The average Bonchev–Trinajstić information content (AvgIpc) is 3.03. The third kappa shape index (κ3) is 1.88. The van der Waals surface area contributed by atoms with Gasteiger partial charge in [-0.25, -0.2) is 0 Å². The van der Waals surface area contributed by atoms with Crippen LogP contribution < -0.4 is 0 Å². The molecule has 0 saturated heterocycles. The summed E-state index contributed by atoms with van der Waals surface area (Å²) in [4.78, 5) is 29.9. The molecule has 0 aromatic rings. The van der Waals surface area contributed by atoms with Gasteiger partial charge in [0.05, 0.1) is 12.3 Å². The topological polar surface area (TPSA) is 55.7 Å². The van der Waals surface area contributed by atoms with Gasteiger partial charge >= 0.3 is 5.97 Å². The summed E-state index contributed by atoms with van der Waals surface area (Å²) in [6, 6.07) is 0. The lowest BCUT2D eigenvalue weighted by atomic mass is 9.86. The number of thioether (sulfide) groups is 1. The largest absolute Gasteiger partial charge is 0.465 e. The Morgan fingerprint density at radius 1 is 1.50 bits per heavy atom. The lowest BCUT2D eigenvalue weighted by Gasteiger charge is -2.17. The number of allylic oxidation sites excluding steroid dienone is 2. The summed E-state index contributed by atoms with van der Waals surface area (Å²) >= 11 is 1.67. The molecule has 2 heterocycles. The fourth-order valence-corrected chi connectivity index (χ4v) is 3.90. The molecule has 0 fully saturated rings. The highest BCUT2D eigenvalue weighted by Gasteiger charge is 2.40. The van der Waals surface area contributed by atoms with Gasteiger partial charge in [-0.15, -0.1) is 11.8 Å². The minimum absolute atomic E-state index is 0.0464. The summed E-state index contributed by atoms with van der Waals surface area (Å²) < 4.78 is 5.03. The summed E-state index contributed by atoms with van der Waals surface area (Å²) in [7, 11) is 0. The second-order valence-electron chi connectivity index (χ2n) is 4.77. The van der Waals surface area contributed by atoms with E-state index < -0.39 is 11.9 Å². The lowest BCUT2D eigenvalue weighted by Crippen LogP contribution is -2.25. The van der Waals surface area contributed by atoms with Gasteiger partial charge in [-0.2, -0.15) is 0 Å². The molecule has 1 unspecified atom stereocenters. The van der Waals surface area contributed by atoms with E-state index in [2.05, 4.69) is 11.9 Å². The number of ether oxygens (including phenoxy) is 1. The fraction of sp³-hybridized carbons (Fsp3) is 0.400. The first-order valence-corrected chi connectivity index (χ1v) is 7.72. The number of hydrogen-bond donors (Lipinski definition) is 0. The molecule has 20 heavy (non-hydrogen) atoms. The van der Waals surface area contributed by atoms with E-state index in [1.807, 2.05) is 6.08 Å². The summed E-state index contributed by atoms with van der Waals surface area (Å²) in [6.45, 7) is 4.11. The van der Waals surface area contributed by atoms with Gasteiger partial charge in [0.25, 0.3) is 0 Å². The Balaban J connectivity index is 2.01. The highest BCUT2D eigenvalue weighted by molar-refractivity contribution is 8.03. The average molecular weight is 289 g/mol. The first-order chi connectivity index (χ1) is 9.67. The Kier molecular flexibility index (Phi) is 3.38. The van der Waals surface area contributed by atoms with Crippen molar-refractivity contribution in [3.05, 3.63) is 33.4 Å². The number of Topliss-reactive ketones (excluding diaryl/α,β-unsaturated/α-hetero) is 1. The van der Waals surface area contributed by atoms with E-state index >= 15 is 0 Å². The lowest BCUT2D eigenvalue weighted by molar-refractivity contribution is -0.144. The van der Waals surface area contributed by atoms with E-state index in [0.29, 0.717) is 17.9 Å². The number of rotatable bonds is 3. The first-order valence-electron chi connectivity index (χ1n) is 6.74. The van der Waals surface area contributed by atoms with Crippen LogP contribution in [0.2, 0.25) is 0 Å². The van der Waals surface area contributed by atoms with Crippen LogP contribution in [-0.2, 0) is 14.3 Å². The van der Waals surface area contributed by atoms with E-state index in [1.54, 1.807) is 18.7 Å². The summed E-state index contributed by atoms with van der Waals surface area (Å²) in [5.41, 5.74) is 3.05. The maximum atomic E-state index is 12.7. The molecule has 0 aromatic heterocycles. The minimum atomic E-state index is -0.647. The molecule has 4 nitrogen and oxygen atoms in total. The summed E-state index contributed by atoms with van der Waals surface area (Å²) in [5.74, 6) is -0.227. The highest BCUT2D eigenvalue weighted by atomic mass is 32.2. The van der Waals surface area contributed by atoms with Crippen molar-refractivity contribution in [1.82, 2.24) is 0 Å².